The summed E-state index contributed by atoms with van der Waals surface area (Å²) in [6.07, 6.45) is 0.922. The van der Waals surface area contributed by atoms with E-state index in [1.54, 1.807) is 23.1 Å². The van der Waals surface area contributed by atoms with Crippen LogP contribution in [0.5, 0.6) is 11.5 Å². The number of hydrogen-bond acceptors (Lipinski definition) is 5. The van der Waals surface area contributed by atoms with Gasteiger partial charge in [0.15, 0.2) is 0 Å². The second kappa shape index (κ2) is 7.97. The van der Waals surface area contributed by atoms with Crippen molar-refractivity contribution in [2.75, 3.05) is 19.8 Å². The van der Waals surface area contributed by atoms with Crippen molar-refractivity contribution in [3.05, 3.63) is 65.4 Å². The van der Waals surface area contributed by atoms with Crippen molar-refractivity contribution >= 4 is 5.91 Å². The number of carbonyl (C=O) groups excluding carboxylic acids is 1. The molecule has 1 unspecified atom stereocenters. The summed E-state index contributed by atoms with van der Waals surface area (Å²) in [5.74, 6) is 0.637. The predicted octanol–water partition coefficient (Wildman–Crippen LogP) is 3.11. The van der Waals surface area contributed by atoms with E-state index in [2.05, 4.69) is 10.2 Å². The average molecular weight is 393 g/mol. The van der Waals surface area contributed by atoms with Gasteiger partial charge in [-0.2, -0.15) is 5.10 Å². The van der Waals surface area contributed by atoms with Crippen LogP contribution in [0.4, 0.5) is 0 Å². The molecule has 0 saturated carbocycles. The van der Waals surface area contributed by atoms with Gasteiger partial charge in [-0.1, -0.05) is 31.2 Å². The van der Waals surface area contributed by atoms with Crippen LogP contribution in [0.2, 0.25) is 0 Å². The summed E-state index contributed by atoms with van der Waals surface area (Å²) in [4.78, 5) is 14.6. The third kappa shape index (κ3) is 3.34. The summed E-state index contributed by atoms with van der Waals surface area (Å²) in [6.45, 7) is 2.73. The van der Waals surface area contributed by atoms with Gasteiger partial charge in [-0.15, -0.1) is 0 Å². The third-order valence-corrected chi connectivity index (χ3v) is 5.03. The van der Waals surface area contributed by atoms with Crippen molar-refractivity contribution in [1.29, 1.82) is 0 Å². The Kier molecular flexibility index (Phi) is 5.22. The fraction of sp³-hybridized carbons (Fsp3) is 0.273. The van der Waals surface area contributed by atoms with Crippen LogP contribution in [-0.2, 0) is 0 Å². The Balaban J connectivity index is 1.80. The maximum absolute atomic E-state index is 13.0. The number of H-pyrrole nitrogens is 1. The Bertz CT molecular complexity index is 1010. The number of aliphatic hydroxyl groups excluding tert-OH is 1. The molecule has 0 fully saturated rings. The van der Waals surface area contributed by atoms with Crippen molar-refractivity contribution in [1.82, 2.24) is 15.1 Å². The van der Waals surface area contributed by atoms with Gasteiger partial charge >= 0.3 is 0 Å². The molecule has 0 spiro atoms. The standard InChI is InChI=1S/C22H23N3O4/c1-2-13-29-15-9-7-14(8-10-15)21-18-19(16-5-3-4-6-17(16)27)23-24-20(18)22(28)25(21)11-12-26/h3-10,21,26-27H,2,11-13H2,1H3,(H,23,24). The maximum Gasteiger partial charge on any atom is 0.273 e. The first-order valence-corrected chi connectivity index (χ1v) is 9.67. The summed E-state index contributed by atoms with van der Waals surface area (Å²) < 4.78 is 5.66. The van der Waals surface area contributed by atoms with Crippen LogP contribution in [0.15, 0.2) is 48.5 Å². The molecule has 0 bridgehead atoms. The molecule has 3 aromatic rings. The highest BCUT2D eigenvalue weighted by atomic mass is 16.5. The molecule has 29 heavy (non-hydrogen) atoms. The third-order valence-electron chi connectivity index (χ3n) is 5.03. The number of hydrogen-bond donors (Lipinski definition) is 3. The van der Waals surface area contributed by atoms with E-state index in [0.717, 1.165) is 17.7 Å². The quantitative estimate of drug-likeness (QED) is 0.573. The fourth-order valence-corrected chi connectivity index (χ4v) is 3.73. The van der Waals surface area contributed by atoms with Crippen molar-refractivity contribution in [3.63, 3.8) is 0 Å². The topological polar surface area (TPSA) is 98.7 Å². The van der Waals surface area contributed by atoms with Gasteiger partial charge in [0.25, 0.3) is 5.91 Å². The number of carbonyl (C=O) groups is 1. The van der Waals surface area contributed by atoms with Crippen molar-refractivity contribution in [3.8, 4) is 22.8 Å². The van der Waals surface area contributed by atoms with E-state index in [-0.39, 0.29) is 24.8 Å². The summed E-state index contributed by atoms with van der Waals surface area (Å²) >= 11 is 0. The smallest absolute Gasteiger partial charge is 0.273 e. The van der Waals surface area contributed by atoms with Crippen LogP contribution in [0.3, 0.4) is 0 Å². The van der Waals surface area contributed by atoms with E-state index in [1.165, 1.54) is 0 Å². The molecule has 1 aliphatic rings. The summed E-state index contributed by atoms with van der Waals surface area (Å²) in [6, 6.07) is 14.1. The molecule has 1 amide bonds. The number of aromatic nitrogens is 2. The molecule has 0 radical (unpaired) electrons. The molecular formula is C22H23N3O4. The van der Waals surface area contributed by atoms with Crippen molar-refractivity contribution in [2.24, 2.45) is 0 Å². The number of β-amino-alcohol motifs (C(OH)–C–C–N with tert-alkyl or cyclic N) is 1. The van der Waals surface area contributed by atoms with E-state index < -0.39 is 6.04 Å². The number of para-hydroxylation sites is 1. The Morgan fingerprint density at radius 3 is 2.62 bits per heavy atom. The van der Waals surface area contributed by atoms with Crippen molar-refractivity contribution < 1.29 is 19.7 Å². The highest BCUT2D eigenvalue weighted by molar-refractivity contribution is 6.00. The molecular weight excluding hydrogens is 370 g/mol. The lowest BCUT2D eigenvalue weighted by molar-refractivity contribution is 0.0706. The lowest BCUT2D eigenvalue weighted by atomic mass is 9.95. The number of aliphatic hydroxyl groups is 1. The number of phenols is 1. The highest BCUT2D eigenvalue weighted by Gasteiger charge is 2.42. The number of nitrogens with one attached hydrogen (secondary N) is 1. The molecule has 2 aromatic carbocycles. The fourth-order valence-electron chi connectivity index (χ4n) is 3.73. The van der Waals surface area contributed by atoms with Gasteiger partial charge in [-0.3, -0.25) is 9.89 Å². The lowest BCUT2D eigenvalue weighted by Gasteiger charge is -2.25. The monoisotopic (exact) mass is 393 g/mol. The number of aromatic amines is 1. The minimum atomic E-state index is -0.418. The zero-order chi connectivity index (χ0) is 20.4. The average Bonchev–Trinajstić information content (AvgIpc) is 3.27. The predicted molar refractivity (Wildman–Crippen MR) is 108 cm³/mol. The van der Waals surface area contributed by atoms with Gasteiger partial charge in [0.2, 0.25) is 0 Å². The first-order valence-electron chi connectivity index (χ1n) is 9.67. The van der Waals surface area contributed by atoms with Gasteiger partial charge in [0, 0.05) is 17.7 Å². The molecule has 0 saturated heterocycles. The molecule has 1 aliphatic heterocycles. The minimum absolute atomic E-state index is 0.0944. The Morgan fingerprint density at radius 1 is 1.17 bits per heavy atom. The van der Waals surface area contributed by atoms with Crippen LogP contribution in [0.1, 0.15) is 41.0 Å². The van der Waals surface area contributed by atoms with Gasteiger partial charge in [0.1, 0.15) is 22.9 Å². The number of benzene rings is 2. The van der Waals surface area contributed by atoms with E-state index in [9.17, 15) is 15.0 Å². The minimum Gasteiger partial charge on any atom is -0.507 e. The van der Waals surface area contributed by atoms with E-state index in [1.807, 2.05) is 37.3 Å². The molecule has 2 heterocycles. The summed E-state index contributed by atoms with van der Waals surface area (Å²) in [5, 5.41) is 27.0. The van der Waals surface area contributed by atoms with Gasteiger partial charge in [-0.05, 0) is 36.2 Å². The highest BCUT2D eigenvalue weighted by Crippen LogP contribution is 2.44. The number of phenolic OH excluding ortho intramolecular Hbond substituents is 1. The number of ether oxygens (including phenoxy) is 1. The van der Waals surface area contributed by atoms with Crippen LogP contribution in [-0.4, -0.2) is 51.0 Å². The Labute approximate surface area is 168 Å². The van der Waals surface area contributed by atoms with Crippen LogP contribution in [0, 0.1) is 0 Å². The number of fused-ring (bicyclic) bond motifs is 1. The molecule has 3 N–H and O–H groups in total. The number of aromatic hydroxyl groups is 1. The Morgan fingerprint density at radius 2 is 1.93 bits per heavy atom. The largest absolute Gasteiger partial charge is 0.507 e. The normalized spacial score (nSPS) is 15.6. The SMILES string of the molecule is CCCOc1ccc(C2c3c(-c4ccccc4O)n[nH]c3C(=O)N2CCO)cc1. The van der Waals surface area contributed by atoms with Gasteiger partial charge in [0.05, 0.1) is 19.3 Å². The molecule has 7 heteroatoms. The molecule has 1 aromatic heterocycles. The summed E-state index contributed by atoms with van der Waals surface area (Å²) in [5.41, 5.74) is 3.05. The van der Waals surface area contributed by atoms with E-state index in [0.29, 0.717) is 29.1 Å². The second-order valence-electron chi connectivity index (χ2n) is 6.92. The molecule has 150 valence electrons. The second-order valence-corrected chi connectivity index (χ2v) is 6.92. The molecule has 1 atom stereocenters. The zero-order valence-electron chi connectivity index (χ0n) is 16.1. The molecule has 7 nitrogen and oxygen atoms in total. The first kappa shape index (κ1) is 19.0. The lowest BCUT2D eigenvalue weighted by Crippen LogP contribution is -2.32. The van der Waals surface area contributed by atoms with E-state index in [4.69, 9.17) is 4.74 Å². The van der Waals surface area contributed by atoms with Crippen LogP contribution >= 0.6 is 0 Å². The maximum atomic E-state index is 13.0. The number of nitrogens with zero attached hydrogens (tertiary/aromatic N) is 2. The van der Waals surface area contributed by atoms with Crippen LogP contribution < -0.4 is 4.74 Å². The van der Waals surface area contributed by atoms with E-state index >= 15 is 0 Å². The first-order chi connectivity index (χ1) is 14.2. The Hall–Kier alpha value is -3.32. The number of amides is 1. The van der Waals surface area contributed by atoms with Gasteiger partial charge < -0.3 is 19.8 Å². The zero-order valence-corrected chi connectivity index (χ0v) is 16.1. The molecule has 0 aliphatic carbocycles. The van der Waals surface area contributed by atoms with Crippen LogP contribution in [0.25, 0.3) is 11.3 Å². The number of rotatable bonds is 7. The van der Waals surface area contributed by atoms with Gasteiger partial charge in [-0.25, -0.2) is 0 Å². The summed E-state index contributed by atoms with van der Waals surface area (Å²) in [7, 11) is 0. The molecule has 4 rings (SSSR count). The van der Waals surface area contributed by atoms with Crippen molar-refractivity contribution in [2.45, 2.75) is 19.4 Å².